The maximum atomic E-state index is 2.30. The van der Waals surface area contributed by atoms with Crippen molar-refractivity contribution in [1.29, 1.82) is 0 Å². The summed E-state index contributed by atoms with van der Waals surface area (Å²) in [6.45, 7) is 9.18. The Hall–Kier alpha value is -0.303. The Morgan fingerprint density at radius 2 is 1.08 bits per heavy atom. The summed E-state index contributed by atoms with van der Waals surface area (Å²) in [6.07, 6.45) is 4.99. The third-order valence-corrected chi connectivity index (χ3v) is 4.72. The summed E-state index contributed by atoms with van der Waals surface area (Å²) in [4.78, 5) is 0. The zero-order chi connectivity index (χ0) is 9.84. The van der Waals surface area contributed by atoms with Crippen molar-refractivity contribution in [1.82, 2.24) is 0 Å². The Morgan fingerprint density at radius 3 is 1.31 bits per heavy atom. The first-order chi connectivity index (χ1) is 6.28. The Balaban J connectivity index is 2.96. The first-order valence-electron chi connectivity index (χ1n) is 5.49. The monoisotopic (exact) mass is 192 g/mol. The van der Waals surface area contributed by atoms with E-state index in [1.54, 1.807) is 21.5 Å². The molecule has 0 aromatic carbocycles. The number of hydrogen-bond donors (Lipinski definition) is 0. The summed E-state index contributed by atoms with van der Waals surface area (Å²) < 4.78 is 0. The van der Waals surface area contributed by atoms with Crippen molar-refractivity contribution in [2.24, 2.45) is 0 Å². The van der Waals surface area contributed by atoms with Crippen LogP contribution in [0.4, 0.5) is 0 Å². The van der Waals surface area contributed by atoms with Gasteiger partial charge in [-0.05, 0) is 25.7 Å². The van der Waals surface area contributed by atoms with Crippen LogP contribution >= 0.6 is 0 Å². The molecule has 0 N–H and O–H groups in total. The molecule has 0 bridgehead atoms. The van der Waals surface area contributed by atoms with Gasteiger partial charge in [-0.1, -0.05) is 49.2 Å². The van der Waals surface area contributed by atoms with Crippen LogP contribution in [0.1, 0.15) is 53.4 Å². The van der Waals surface area contributed by atoms with Gasteiger partial charge in [0.05, 0.1) is 0 Å². The molecule has 1 rings (SSSR count). The highest BCUT2D eigenvalue weighted by Gasteiger charge is 2.20. The summed E-state index contributed by atoms with van der Waals surface area (Å²) in [5.41, 5.74) is 3.39. The molecule has 0 saturated carbocycles. The highest BCUT2D eigenvalue weighted by atomic mass is 28.2. The van der Waals surface area contributed by atoms with Crippen molar-refractivity contribution in [3.05, 3.63) is 21.5 Å². The third-order valence-electron chi connectivity index (χ3n) is 2.81. The highest BCUT2D eigenvalue weighted by molar-refractivity contribution is 6.56. The van der Waals surface area contributed by atoms with Gasteiger partial charge in [0.25, 0.3) is 0 Å². The van der Waals surface area contributed by atoms with Gasteiger partial charge in [0.15, 0.2) is 0 Å². The normalized spacial score (nSPS) is 17.5. The summed E-state index contributed by atoms with van der Waals surface area (Å²) in [6, 6.07) is 0. The van der Waals surface area contributed by atoms with E-state index in [-0.39, 0.29) is 0 Å². The second-order valence-electron chi connectivity index (χ2n) is 3.45. The van der Waals surface area contributed by atoms with Crippen molar-refractivity contribution in [3.8, 4) is 0 Å². The van der Waals surface area contributed by atoms with Gasteiger partial charge in [0.2, 0.25) is 0 Å². The molecule has 13 heavy (non-hydrogen) atoms. The van der Waals surface area contributed by atoms with Crippen LogP contribution in [0.15, 0.2) is 21.5 Å². The van der Waals surface area contributed by atoms with Crippen LogP contribution in [0, 0.1) is 0 Å². The molecule has 0 unspecified atom stereocenters. The van der Waals surface area contributed by atoms with Crippen LogP contribution in [0.2, 0.25) is 0 Å². The lowest BCUT2D eigenvalue weighted by molar-refractivity contribution is 0.985. The van der Waals surface area contributed by atoms with Crippen molar-refractivity contribution in [2.75, 3.05) is 0 Å². The van der Waals surface area contributed by atoms with Crippen LogP contribution in [0.25, 0.3) is 0 Å². The molecule has 0 aliphatic carbocycles. The maximum Gasteiger partial charge on any atom is 0.110 e. The lowest BCUT2D eigenvalue weighted by Crippen LogP contribution is -1.94. The lowest BCUT2D eigenvalue weighted by atomic mass is 9.99. The SMILES string of the molecule is CCC1=C(CC)C(CC)=C(CC)[Si]1. The quantitative estimate of drug-likeness (QED) is 0.593. The Labute approximate surface area is 84.9 Å². The Kier molecular flexibility index (Phi) is 3.98. The molecular weight excluding hydrogens is 172 g/mol. The topological polar surface area (TPSA) is 0 Å². The average Bonchev–Trinajstić information content (AvgIpc) is 2.54. The smallest absolute Gasteiger partial charge is 0.0767 e. The summed E-state index contributed by atoms with van der Waals surface area (Å²) in [7, 11) is 1.02. The van der Waals surface area contributed by atoms with E-state index in [1.807, 2.05) is 0 Å². The molecule has 0 atom stereocenters. The van der Waals surface area contributed by atoms with E-state index in [2.05, 4.69) is 27.7 Å². The Morgan fingerprint density at radius 1 is 0.692 bits per heavy atom. The van der Waals surface area contributed by atoms with E-state index in [1.165, 1.54) is 25.7 Å². The van der Waals surface area contributed by atoms with Crippen LogP contribution in [0.5, 0.6) is 0 Å². The van der Waals surface area contributed by atoms with Gasteiger partial charge < -0.3 is 0 Å². The van der Waals surface area contributed by atoms with Gasteiger partial charge in [0, 0.05) is 0 Å². The van der Waals surface area contributed by atoms with Gasteiger partial charge in [-0.3, -0.25) is 0 Å². The molecule has 1 heterocycles. The fourth-order valence-electron chi connectivity index (χ4n) is 2.15. The molecule has 0 spiro atoms. The molecule has 1 aliphatic rings. The predicted molar refractivity (Wildman–Crippen MR) is 61.0 cm³/mol. The molecule has 72 valence electrons. The minimum Gasteiger partial charge on any atom is -0.0767 e. The summed E-state index contributed by atoms with van der Waals surface area (Å²) in [5.74, 6) is 0. The van der Waals surface area contributed by atoms with Gasteiger partial charge in [0.1, 0.15) is 9.52 Å². The molecular formula is C12H20Si. The van der Waals surface area contributed by atoms with E-state index >= 15 is 0 Å². The van der Waals surface area contributed by atoms with Gasteiger partial charge in [-0.25, -0.2) is 0 Å². The zero-order valence-corrected chi connectivity index (χ0v) is 10.3. The second kappa shape index (κ2) is 4.80. The first kappa shape index (κ1) is 10.8. The predicted octanol–water partition coefficient (Wildman–Crippen LogP) is 3.85. The molecule has 1 aliphatic heterocycles. The van der Waals surface area contributed by atoms with Crippen molar-refractivity contribution < 1.29 is 0 Å². The molecule has 0 nitrogen and oxygen atoms in total. The fraction of sp³-hybridized carbons (Fsp3) is 0.667. The summed E-state index contributed by atoms with van der Waals surface area (Å²) in [5, 5.41) is 3.47. The lowest BCUT2D eigenvalue weighted by Gasteiger charge is -2.07. The molecule has 0 aromatic rings. The third kappa shape index (κ3) is 1.96. The van der Waals surface area contributed by atoms with E-state index in [9.17, 15) is 0 Å². The van der Waals surface area contributed by atoms with Crippen LogP contribution in [0.3, 0.4) is 0 Å². The summed E-state index contributed by atoms with van der Waals surface area (Å²) >= 11 is 0. The van der Waals surface area contributed by atoms with Crippen LogP contribution in [-0.2, 0) is 0 Å². The first-order valence-corrected chi connectivity index (χ1v) is 6.49. The molecule has 2 radical (unpaired) electrons. The molecule has 0 aromatic heterocycles. The fourth-order valence-corrected chi connectivity index (χ4v) is 3.83. The second-order valence-corrected chi connectivity index (χ2v) is 4.91. The number of hydrogen-bond acceptors (Lipinski definition) is 0. The molecule has 0 amide bonds. The van der Waals surface area contributed by atoms with E-state index in [0.717, 1.165) is 9.52 Å². The zero-order valence-electron chi connectivity index (χ0n) is 9.33. The van der Waals surface area contributed by atoms with Crippen LogP contribution < -0.4 is 0 Å². The standard InChI is InChI=1S/C12H20Si/c1-5-9-10(6-2)12(8-4)13-11(9)7-3/h5-8H2,1-4H3. The largest absolute Gasteiger partial charge is 0.110 e. The molecule has 0 saturated heterocycles. The van der Waals surface area contributed by atoms with E-state index < -0.39 is 0 Å². The Bertz CT molecular complexity index is 220. The molecule has 0 fully saturated rings. The highest BCUT2D eigenvalue weighted by Crippen LogP contribution is 2.33. The molecule has 1 heteroatoms. The minimum atomic E-state index is 1.02. The maximum absolute atomic E-state index is 2.30. The van der Waals surface area contributed by atoms with Gasteiger partial charge in [-0.2, -0.15) is 0 Å². The number of rotatable bonds is 4. The van der Waals surface area contributed by atoms with Crippen molar-refractivity contribution >= 4 is 9.52 Å². The van der Waals surface area contributed by atoms with Crippen LogP contribution in [-0.4, -0.2) is 9.52 Å². The minimum absolute atomic E-state index is 1.02. The van der Waals surface area contributed by atoms with Gasteiger partial charge in [-0.15, -0.1) is 0 Å². The van der Waals surface area contributed by atoms with Crippen molar-refractivity contribution in [3.63, 3.8) is 0 Å². The van der Waals surface area contributed by atoms with E-state index in [4.69, 9.17) is 0 Å². The van der Waals surface area contributed by atoms with Gasteiger partial charge >= 0.3 is 0 Å². The van der Waals surface area contributed by atoms with E-state index in [0.29, 0.717) is 0 Å². The number of allylic oxidation sites excluding steroid dienone is 4. The van der Waals surface area contributed by atoms with Crippen molar-refractivity contribution in [2.45, 2.75) is 53.4 Å². The average molecular weight is 192 g/mol.